The van der Waals surface area contributed by atoms with Gasteiger partial charge in [-0.15, -0.1) is 0 Å². The second-order valence-corrected chi connectivity index (χ2v) is 5.83. The molecule has 0 spiro atoms. The van der Waals surface area contributed by atoms with Crippen molar-refractivity contribution in [1.29, 1.82) is 0 Å². The number of halogens is 3. The van der Waals surface area contributed by atoms with E-state index in [2.05, 4.69) is 14.9 Å². The first kappa shape index (κ1) is 17.3. The van der Waals surface area contributed by atoms with Crippen LogP contribution in [0, 0.1) is 6.92 Å². The molecule has 0 radical (unpaired) electrons. The molecule has 25 heavy (non-hydrogen) atoms. The molecule has 0 unspecified atom stereocenters. The molecule has 1 saturated heterocycles. The highest BCUT2D eigenvalue weighted by molar-refractivity contribution is 5.53. The summed E-state index contributed by atoms with van der Waals surface area (Å²) in [6.07, 6.45) is -4.47. The van der Waals surface area contributed by atoms with Crippen LogP contribution in [0.15, 0.2) is 30.3 Å². The molecule has 8 heteroatoms. The molecule has 1 aromatic heterocycles. The average Bonchev–Trinajstić information content (AvgIpc) is 2.60. The third-order valence-electron chi connectivity index (χ3n) is 4.14. The van der Waals surface area contributed by atoms with Gasteiger partial charge in [-0.25, -0.2) is 9.97 Å². The van der Waals surface area contributed by atoms with Crippen molar-refractivity contribution in [2.75, 3.05) is 43.1 Å². The molecule has 0 N–H and O–H groups in total. The summed E-state index contributed by atoms with van der Waals surface area (Å²) in [5.41, 5.74) is 0.138. The van der Waals surface area contributed by atoms with Gasteiger partial charge in [0, 0.05) is 44.0 Å². The van der Waals surface area contributed by atoms with Crippen LogP contribution in [-0.4, -0.2) is 43.3 Å². The van der Waals surface area contributed by atoms with Crippen molar-refractivity contribution < 1.29 is 17.9 Å². The lowest BCUT2D eigenvalue weighted by Crippen LogP contribution is -2.47. The van der Waals surface area contributed by atoms with Crippen LogP contribution in [0.2, 0.25) is 0 Å². The standard InChI is InChI=1S/C17H19F3N4O/c1-12-21-15(17(18,19)20)11-16(22-12)24-8-6-23(7-9-24)13-4-3-5-14(10-13)25-2/h3-5,10-11H,6-9H2,1-2H3. The molecule has 0 saturated carbocycles. The van der Waals surface area contributed by atoms with E-state index in [-0.39, 0.29) is 5.82 Å². The SMILES string of the molecule is COc1cccc(N2CCN(c3cc(C(F)(F)F)nc(C)n3)CC2)c1. The van der Waals surface area contributed by atoms with Gasteiger partial charge < -0.3 is 14.5 Å². The summed E-state index contributed by atoms with van der Waals surface area (Å²) in [4.78, 5) is 11.7. The Hall–Kier alpha value is -2.51. The zero-order valence-corrected chi connectivity index (χ0v) is 14.0. The maximum Gasteiger partial charge on any atom is 0.433 e. The molecule has 5 nitrogen and oxygen atoms in total. The maximum atomic E-state index is 12.9. The third kappa shape index (κ3) is 3.94. The predicted octanol–water partition coefficient (Wildman–Crippen LogP) is 3.14. The summed E-state index contributed by atoms with van der Waals surface area (Å²) >= 11 is 0. The van der Waals surface area contributed by atoms with Crippen molar-refractivity contribution in [2.45, 2.75) is 13.1 Å². The van der Waals surface area contributed by atoms with Gasteiger partial charge in [-0.05, 0) is 19.1 Å². The number of anilines is 2. The molecule has 2 aromatic rings. The van der Waals surface area contributed by atoms with E-state index in [9.17, 15) is 13.2 Å². The van der Waals surface area contributed by atoms with E-state index >= 15 is 0 Å². The second-order valence-electron chi connectivity index (χ2n) is 5.83. The van der Waals surface area contributed by atoms with Gasteiger partial charge in [0.25, 0.3) is 0 Å². The number of hydrogen-bond acceptors (Lipinski definition) is 5. The van der Waals surface area contributed by atoms with Crippen LogP contribution < -0.4 is 14.5 Å². The Labute approximate surface area is 144 Å². The Kier molecular flexibility index (Phi) is 4.69. The van der Waals surface area contributed by atoms with E-state index in [0.29, 0.717) is 32.0 Å². The highest BCUT2D eigenvalue weighted by Gasteiger charge is 2.34. The van der Waals surface area contributed by atoms with Crippen LogP contribution in [-0.2, 0) is 6.18 Å². The zero-order valence-electron chi connectivity index (χ0n) is 14.0. The lowest BCUT2D eigenvalue weighted by Gasteiger charge is -2.37. The van der Waals surface area contributed by atoms with E-state index in [1.54, 1.807) is 7.11 Å². The van der Waals surface area contributed by atoms with Gasteiger partial charge in [-0.2, -0.15) is 13.2 Å². The van der Waals surface area contributed by atoms with Crippen LogP contribution in [0.4, 0.5) is 24.7 Å². The smallest absolute Gasteiger partial charge is 0.433 e. The van der Waals surface area contributed by atoms with E-state index in [0.717, 1.165) is 17.5 Å². The Bertz CT molecular complexity index is 743. The van der Waals surface area contributed by atoms with Crippen molar-refractivity contribution in [3.05, 3.63) is 41.9 Å². The fourth-order valence-corrected chi connectivity index (χ4v) is 2.86. The number of nitrogens with zero attached hydrogens (tertiary/aromatic N) is 4. The van der Waals surface area contributed by atoms with Crippen LogP contribution in [0.3, 0.4) is 0 Å². The summed E-state index contributed by atoms with van der Waals surface area (Å²) in [5.74, 6) is 1.23. The monoisotopic (exact) mass is 352 g/mol. The Morgan fingerprint density at radius 3 is 2.32 bits per heavy atom. The van der Waals surface area contributed by atoms with Crippen LogP contribution in [0.25, 0.3) is 0 Å². The number of rotatable bonds is 3. The minimum atomic E-state index is -4.47. The lowest BCUT2D eigenvalue weighted by molar-refractivity contribution is -0.141. The quantitative estimate of drug-likeness (QED) is 0.849. The van der Waals surface area contributed by atoms with E-state index in [1.165, 1.54) is 6.92 Å². The van der Waals surface area contributed by atoms with Gasteiger partial charge in [0.15, 0.2) is 0 Å². The van der Waals surface area contributed by atoms with Crippen molar-refractivity contribution in [1.82, 2.24) is 9.97 Å². The highest BCUT2D eigenvalue weighted by Crippen LogP contribution is 2.30. The number of methoxy groups -OCH3 is 1. The van der Waals surface area contributed by atoms with Crippen LogP contribution in [0.5, 0.6) is 5.75 Å². The minimum absolute atomic E-state index is 0.125. The van der Waals surface area contributed by atoms with Crippen molar-refractivity contribution in [3.8, 4) is 5.75 Å². The van der Waals surface area contributed by atoms with Crippen LogP contribution in [0.1, 0.15) is 11.5 Å². The summed E-state index contributed by atoms with van der Waals surface area (Å²) in [6, 6.07) is 8.77. The first-order valence-corrected chi connectivity index (χ1v) is 7.93. The van der Waals surface area contributed by atoms with Gasteiger partial charge in [0.05, 0.1) is 7.11 Å². The summed E-state index contributed by atoms with van der Waals surface area (Å²) < 4.78 is 44.1. The molecule has 134 valence electrons. The van der Waals surface area contributed by atoms with Crippen molar-refractivity contribution in [3.63, 3.8) is 0 Å². The summed E-state index contributed by atoms with van der Waals surface area (Å²) in [5, 5.41) is 0. The Balaban J connectivity index is 1.73. The summed E-state index contributed by atoms with van der Waals surface area (Å²) in [7, 11) is 1.62. The number of ether oxygens (including phenoxy) is 1. The molecule has 1 aliphatic heterocycles. The fourth-order valence-electron chi connectivity index (χ4n) is 2.86. The highest BCUT2D eigenvalue weighted by atomic mass is 19.4. The lowest BCUT2D eigenvalue weighted by atomic mass is 10.2. The average molecular weight is 352 g/mol. The fraction of sp³-hybridized carbons (Fsp3) is 0.412. The molecule has 1 aliphatic rings. The van der Waals surface area contributed by atoms with Gasteiger partial charge in [0.1, 0.15) is 23.1 Å². The maximum absolute atomic E-state index is 12.9. The van der Waals surface area contributed by atoms with E-state index < -0.39 is 11.9 Å². The number of piperazine rings is 1. The molecule has 1 fully saturated rings. The van der Waals surface area contributed by atoms with Crippen molar-refractivity contribution >= 4 is 11.5 Å². The molecule has 0 amide bonds. The molecule has 0 atom stereocenters. The first-order chi connectivity index (χ1) is 11.9. The van der Waals surface area contributed by atoms with Gasteiger partial charge in [-0.1, -0.05) is 6.07 Å². The minimum Gasteiger partial charge on any atom is -0.497 e. The van der Waals surface area contributed by atoms with Gasteiger partial charge in [-0.3, -0.25) is 0 Å². The topological polar surface area (TPSA) is 41.5 Å². The molecular weight excluding hydrogens is 333 g/mol. The number of aromatic nitrogens is 2. The molecule has 0 aliphatic carbocycles. The number of benzene rings is 1. The van der Waals surface area contributed by atoms with Crippen LogP contribution >= 0.6 is 0 Å². The molecular formula is C17H19F3N4O. The number of aryl methyl sites for hydroxylation is 1. The normalized spacial score (nSPS) is 15.4. The molecule has 0 bridgehead atoms. The Morgan fingerprint density at radius 1 is 1.00 bits per heavy atom. The molecule has 2 heterocycles. The Morgan fingerprint density at radius 2 is 1.68 bits per heavy atom. The zero-order chi connectivity index (χ0) is 18.0. The largest absolute Gasteiger partial charge is 0.497 e. The number of hydrogen-bond donors (Lipinski definition) is 0. The van der Waals surface area contributed by atoms with Crippen molar-refractivity contribution in [2.24, 2.45) is 0 Å². The molecule has 3 rings (SSSR count). The predicted molar refractivity (Wildman–Crippen MR) is 89.2 cm³/mol. The first-order valence-electron chi connectivity index (χ1n) is 7.93. The summed E-state index contributed by atoms with van der Waals surface area (Å²) in [6.45, 7) is 4.04. The number of alkyl halides is 3. The van der Waals surface area contributed by atoms with Gasteiger partial charge >= 0.3 is 6.18 Å². The van der Waals surface area contributed by atoms with E-state index in [4.69, 9.17) is 4.74 Å². The third-order valence-corrected chi connectivity index (χ3v) is 4.14. The molecule has 1 aromatic carbocycles. The second kappa shape index (κ2) is 6.78. The van der Waals surface area contributed by atoms with Gasteiger partial charge in [0.2, 0.25) is 0 Å². The van der Waals surface area contributed by atoms with E-state index in [1.807, 2.05) is 29.2 Å².